The van der Waals surface area contributed by atoms with Crippen molar-refractivity contribution >= 4 is 5.82 Å². The Kier molecular flexibility index (Phi) is 3.96. The molecule has 0 aliphatic heterocycles. The molecule has 1 aromatic heterocycles. The van der Waals surface area contributed by atoms with Crippen LogP contribution in [0.1, 0.15) is 5.56 Å². The van der Waals surface area contributed by atoms with Crippen LogP contribution in [0.15, 0.2) is 36.7 Å². The first kappa shape index (κ1) is 12.2. The highest BCUT2D eigenvalue weighted by Crippen LogP contribution is 2.18. The van der Waals surface area contributed by atoms with Gasteiger partial charge in [-0.2, -0.15) is 4.98 Å². The maximum atomic E-state index is 5.28. The molecular weight excluding hydrogens is 230 g/mol. The summed E-state index contributed by atoms with van der Waals surface area (Å²) in [5, 5.41) is 3.18. The van der Waals surface area contributed by atoms with Crippen molar-refractivity contribution in [3.05, 3.63) is 42.2 Å². The zero-order chi connectivity index (χ0) is 12.8. The van der Waals surface area contributed by atoms with E-state index in [1.165, 1.54) is 0 Å². The molecule has 0 spiro atoms. The van der Waals surface area contributed by atoms with Gasteiger partial charge in [0.25, 0.3) is 0 Å². The van der Waals surface area contributed by atoms with Gasteiger partial charge in [0.2, 0.25) is 5.88 Å². The van der Waals surface area contributed by atoms with Crippen molar-refractivity contribution in [2.24, 2.45) is 0 Å². The van der Waals surface area contributed by atoms with Crippen LogP contribution in [0.4, 0.5) is 5.82 Å². The van der Waals surface area contributed by atoms with E-state index in [4.69, 9.17) is 9.47 Å². The molecule has 0 fully saturated rings. The van der Waals surface area contributed by atoms with Crippen LogP contribution in [-0.2, 0) is 6.54 Å². The number of ether oxygens (including phenoxy) is 2. The molecule has 5 nitrogen and oxygen atoms in total. The summed E-state index contributed by atoms with van der Waals surface area (Å²) in [5.41, 5.74) is 1.06. The number of hydrogen-bond donors (Lipinski definition) is 1. The van der Waals surface area contributed by atoms with Crippen molar-refractivity contribution in [3.63, 3.8) is 0 Å². The van der Waals surface area contributed by atoms with Gasteiger partial charge in [0.15, 0.2) is 0 Å². The lowest BCUT2D eigenvalue weighted by atomic mass is 10.2. The fourth-order valence-corrected chi connectivity index (χ4v) is 1.57. The molecule has 1 aromatic carbocycles. The molecule has 0 bridgehead atoms. The van der Waals surface area contributed by atoms with Crippen molar-refractivity contribution in [3.8, 4) is 11.6 Å². The average Bonchev–Trinajstić information content (AvgIpc) is 2.45. The number of nitrogens with zero attached hydrogens (tertiary/aromatic N) is 2. The summed E-state index contributed by atoms with van der Waals surface area (Å²) in [7, 11) is 3.22. The average molecular weight is 245 g/mol. The Hall–Kier alpha value is -2.30. The Morgan fingerprint density at radius 2 is 1.94 bits per heavy atom. The molecule has 1 N–H and O–H groups in total. The van der Waals surface area contributed by atoms with Crippen molar-refractivity contribution in [1.29, 1.82) is 0 Å². The van der Waals surface area contributed by atoms with Crippen LogP contribution < -0.4 is 14.8 Å². The molecule has 2 aromatic rings. The SMILES string of the molecule is COc1cncc(NCc2ccccc2OC)n1. The summed E-state index contributed by atoms with van der Waals surface area (Å²) < 4.78 is 10.3. The minimum Gasteiger partial charge on any atom is -0.496 e. The van der Waals surface area contributed by atoms with Crippen LogP contribution >= 0.6 is 0 Å². The lowest BCUT2D eigenvalue weighted by Crippen LogP contribution is -2.04. The Morgan fingerprint density at radius 1 is 1.11 bits per heavy atom. The molecule has 0 unspecified atom stereocenters. The van der Waals surface area contributed by atoms with E-state index in [1.54, 1.807) is 26.6 Å². The lowest BCUT2D eigenvalue weighted by molar-refractivity contribution is 0.396. The van der Waals surface area contributed by atoms with E-state index in [1.807, 2.05) is 24.3 Å². The molecule has 0 atom stereocenters. The normalized spacial score (nSPS) is 9.89. The molecule has 0 aliphatic rings. The molecular formula is C13H15N3O2. The Bertz CT molecular complexity index is 517. The van der Waals surface area contributed by atoms with Gasteiger partial charge in [0.05, 0.1) is 26.6 Å². The van der Waals surface area contributed by atoms with Gasteiger partial charge in [0.1, 0.15) is 11.6 Å². The largest absolute Gasteiger partial charge is 0.496 e. The van der Waals surface area contributed by atoms with Crippen LogP contribution in [0.25, 0.3) is 0 Å². The number of nitrogens with one attached hydrogen (secondary N) is 1. The predicted octanol–water partition coefficient (Wildman–Crippen LogP) is 2.11. The Labute approximate surface area is 106 Å². The number of aromatic nitrogens is 2. The van der Waals surface area contributed by atoms with Gasteiger partial charge in [-0.3, -0.25) is 4.98 Å². The predicted molar refractivity (Wildman–Crippen MR) is 68.9 cm³/mol. The number of methoxy groups -OCH3 is 2. The third kappa shape index (κ3) is 2.88. The molecule has 0 radical (unpaired) electrons. The number of hydrogen-bond acceptors (Lipinski definition) is 5. The van der Waals surface area contributed by atoms with Crippen LogP contribution in [0.3, 0.4) is 0 Å². The van der Waals surface area contributed by atoms with Gasteiger partial charge in [-0.1, -0.05) is 18.2 Å². The molecule has 18 heavy (non-hydrogen) atoms. The zero-order valence-corrected chi connectivity index (χ0v) is 10.4. The first-order valence-corrected chi connectivity index (χ1v) is 5.55. The fourth-order valence-electron chi connectivity index (χ4n) is 1.57. The topological polar surface area (TPSA) is 56.3 Å². The van der Waals surface area contributed by atoms with Gasteiger partial charge < -0.3 is 14.8 Å². The summed E-state index contributed by atoms with van der Waals surface area (Å²) in [4.78, 5) is 8.25. The van der Waals surface area contributed by atoms with E-state index in [9.17, 15) is 0 Å². The van der Waals surface area contributed by atoms with Crippen molar-refractivity contribution in [2.45, 2.75) is 6.54 Å². The van der Waals surface area contributed by atoms with E-state index in [0.717, 1.165) is 11.3 Å². The van der Waals surface area contributed by atoms with E-state index in [0.29, 0.717) is 18.2 Å². The van der Waals surface area contributed by atoms with Gasteiger partial charge >= 0.3 is 0 Å². The second-order valence-corrected chi connectivity index (χ2v) is 3.61. The van der Waals surface area contributed by atoms with Crippen LogP contribution in [0.2, 0.25) is 0 Å². The molecule has 2 rings (SSSR count). The van der Waals surface area contributed by atoms with Crippen LogP contribution in [-0.4, -0.2) is 24.2 Å². The second-order valence-electron chi connectivity index (χ2n) is 3.61. The zero-order valence-electron chi connectivity index (χ0n) is 10.4. The van der Waals surface area contributed by atoms with Crippen molar-refractivity contribution in [1.82, 2.24) is 9.97 Å². The van der Waals surface area contributed by atoms with Gasteiger partial charge in [-0.25, -0.2) is 0 Å². The highest BCUT2D eigenvalue weighted by atomic mass is 16.5. The van der Waals surface area contributed by atoms with Crippen molar-refractivity contribution in [2.75, 3.05) is 19.5 Å². The standard InChI is InChI=1S/C13H15N3O2/c1-17-11-6-4-3-5-10(11)7-15-12-8-14-9-13(16-12)18-2/h3-6,8-9H,7H2,1-2H3,(H,15,16). The van der Waals surface area contributed by atoms with E-state index in [-0.39, 0.29) is 0 Å². The lowest BCUT2D eigenvalue weighted by Gasteiger charge is -2.10. The first-order valence-electron chi connectivity index (χ1n) is 5.55. The third-order valence-corrected chi connectivity index (χ3v) is 2.47. The molecule has 94 valence electrons. The van der Waals surface area contributed by atoms with E-state index >= 15 is 0 Å². The molecule has 0 saturated carbocycles. The molecule has 5 heteroatoms. The molecule has 0 saturated heterocycles. The maximum absolute atomic E-state index is 5.28. The third-order valence-electron chi connectivity index (χ3n) is 2.47. The van der Waals surface area contributed by atoms with E-state index in [2.05, 4.69) is 15.3 Å². The quantitative estimate of drug-likeness (QED) is 0.874. The Balaban J connectivity index is 2.06. The number of rotatable bonds is 5. The summed E-state index contributed by atoms with van der Waals surface area (Å²) in [5.74, 6) is 2.00. The highest BCUT2D eigenvalue weighted by Gasteiger charge is 2.02. The molecule has 1 heterocycles. The van der Waals surface area contributed by atoms with Gasteiger partial charge in [0, 0.05) is 12.1 Å². The number of benzene rings is 1. The number of anilines is 1. The Morgan fingerprint density at radius 3 is 2.72 bits per heavy atom. The summed E-state index contributed by atoms with van der Waals surface area (Å²) in [6.45, 7) is 0.617. The smallest absolute Gasteiger partial charge is 0.233 e. The second kappa shape index (κ2) is 5.86. The van der Waals surface area contributed by atoms with Gasteiger partial charge in [-0.15, -0.1) is 0 Å². The minimum atomic E-state index is 0.486. The molecule has 0 amide bonds. The van der Waals surface area contributed by atoms with E-state index < -0.39 is 0 Å². The summed E-state index contributed by atoms with van der Waals surface area (Å²) in [6, 6.07) is 7.83. The summed E-state index contributed by atoms with van der Waals surface area (Å²) >= 11 is 0. The number of para-hydroxylation sites is 1. The minimum absolute atomic E-state index is 0.486. The van der Waals surface area contributed by atoms with Crippen LogP contribution in [0.5, 0.6) is 11.6 Å². The fraction of sp³-hybridized carbons (Fsp3) is 0.231. The van der Waals surface area contributed by atoms with Crippen molar-refractivity contribution < 1.29 is 9.47 Å². The first-order chi connectivity index (χ1) is 8.83. The molecule has 0 aliphatic carbocycles. The monoisotopic (exact) mass is 245 g/mol. The summed E-state index contributed by atoms with van der Waals surface area (Å²) in [6.07, 6.45) is 3.21. The maximum Gasteiger partial charge on any atom is 0.233 e. The van der Waals surface area contributed by atoms with Gasteiger partial charge in [-0.05, 0) is 6.07 Å². The highest BCUT2D eigenvalue weighted by molar-refractivity contribution is 5.39. The van der Waals surface area contributed by atoms with Crippen LogP contribution in [0, 0.1) is 0 Å².